The molecule has 0 fully saturated rings. The van der Waals surface area contributed by atoms with Crippen LogP contribution in [-0.2, 0) is 5.41 Å². The fourth-order valence-corrected chi connectivity index (χ4v) is 2.77. The first-order valence-electron chi connectivity index (χ1n) is 7.14. The van der Waals surface area contributed by atoms with Crippen LogP contribution in [0.2, 0.25) is 0 Å². The molecule has 0 saturated heterocycles. The van der Waals surface area contributed by atoms with E-state index in [1.54, 1.807) is 0 Å². The van der Waals surface area contributed by atoms with Crippen molar-refractivity contribution in [3.8, 4) is 0 Å². The van der Waals surface area contributed by atoms with Crippen LogP contribution >= 0.6 is 11.3 Å². The standard InChI is InChI=1S/C17H22N2OS/c1-11(2)14-10-21-16(18-14)19-15(20)12-6-8-13(9-7-12)17(3,4)5/h6-11H,1-5H3,(H,18,19,20). The molecule has 1 aromatic carbocycles. The van der Waals surface area contributed by atoms with Crippen LogP contribution in [0, 0.1) is 0 Å². The molecule has 1 N–H and O–H groups in total. The number of benzene rings is 1. The van der Waals surface area contributed by atoms with Gasteiger partial charge in [0.05, 0.1) is 5.69 Å². The zero-order valence-corrected chi connectivity index (χ0v) is 14.0. The van der Waals surface area contributed by atoms with E-state index in [-0.39, 0.29) is 11.3 Å². The fraction of sp³-hybridized carbons (Fsp3) is 0.412. The molecule has 0 aliphatic rings. The van der Waals surface area contributed by atoms with Gasteiger partial charge in [0.2, 0.25) is 0 Å². The van der Waals surface area contributed by atoms with Gasteiger partial charge in [-0.25, -0.2) is 4.98 Å². The predicted molar refractivity (Wildman–Crippen MR) is 89.3 cm³/mol. The summed E-state index contributed by atoms with van der Waals surface area (Å²) < 4.78 is 0. The Morgan fingerprint density at radius 2 is 1.81 bits per heavy atom. The Kier molecular flexibility index (Phi) is 4.47. The molecule has 0 radical (unpaired) electrons. The lowest BCUT2D eigenvalue weighted by Gasteiger charge is -2.18. The molecule has 0 spiro atoms. The Bertz CT molecular complexity index is 621. The van der Waals surface area contributed by atoms with Crippen molar-refractivity contribution < 1.29 is 4.79 Å². The highest BCUT2D eigenvalue weighted by Gasteiger charge is 2.15. The third-order valence-corrected chi connectivity index (χ3v) is 4.12. The van der Waals surface area contributed by atoms with Gasteiger partial charge in [-0.3, -0.25) is 10.1 Å². The van der Waals surface area contributed by atoms with Gasteiger partial charge in [-0.15, -0.1) is 11.3 Å². The molecule has 1 heterocycles. The lowest BCUT2D eigenvalue weighted by atomic mass is 9.87. The van der Waals surface area contributed by atoms with Crippen molar-refractivity contribution in [3.63, 3.8) is 0 Å². The highest BCUT2D eigenvalue weighted by atomic mass is 32.1. The number of carbonyl (C=O) groups excluding carboxylic acids is 1. The van der Waals surface area contributed by atoms with Gasteiger partial charge in [-0.05, 0) is 29.0 Å². The average Bonchev–Trinajstić information content (AvgIpc) is 2.86. The topological polar surface area (TPSA) is 42.0 Å². The van der Waals surface area contributed by atoms with Crippen LogP contribution in [0.25, 0.3) is 0 Å². The van der Waals surface area contributed by atoms with Gasteiger partial charge >= 0.3 is 0 Å². The van der Waals surface area contributed by atoms with Crippen LogP contribution in [-0.4, -0.2) is 10.9 Å². The summed E-state index contributed by atoms with van der Waals surface area (Å²) in [6.07, 6.45) is 0. The van der Waals surface area contributed by atoms with E-state index < -0.39 is 0 Å². The van der Waals surface area contributed by atoms with Crippen LogP contribution in [0.5, 0.6) is 0 Å². The number of nitrogens with one attached hydrogen (secondary N) is 1. The van der Waals surface area contributed by atoms with Gasteiger partial charge in [-0.1, -0.05) is 46.8 Å². The Morgan fingerprint density at radius 3 is 2.29 bits per heavy atom. The van der Waals surface area contributed by atoms with E-state index in [2.05, 4.69) is 44.9 Å². The van der Waals surface area contributed by atoms with Crippen LogP contribution < -0.4 is 5.32 Å². The molecular formula is C17H22N2OS. The van der Waals surface area contributed by atoms with Crippen molar-refractivity contribution in [2.24, 2.45) is 0 Å². The summed E-state index contributed by atoms with van der Waals surface area (Å²) in [4.78, 5) is 16.6. The number of thiazole rings is 1. The molecule has 0 saturated carbocycles. The molecule has 0 bridgehead atoms. The zero-order chi connectivity index (χ0) is 15.6. The number of hydrogen-bond acceptors (Lipinski definition) is 3. The van der Waals surface area contributed by atoms with E-state index in [0.29, 0.717) is 16.6 Å². The molecule has 2 rings (SSSR count). The average molecular weight is 302 g/mol. The molecular weight excluding hydrogens is 280 g/mol. The summed E-state index contributed by atoms with van der Waals surface area (Å²) in [5.74, 6) is 0.262. The first-order valence-corrected chi connectivity index (χ1v) is 8.02. The lowest BCUT2D eigenvalue weighted by Crippen LogP contribution is -2.14. The highest BCUT2D eigenvalue weighted by molar-refractivity contribution is 7.14. The minimum atomic E-state index is -0.111. The number of hydrogen-bond donors (Lipinski definition) is 1. The minimum Gasteiger partial charge on any atom is -0.298 e. The van der Waals surface area contributed by atoms with Crippen molar-refractivity contribution in [2.45, 2.75) is 46.0 Å². The molecule has 112 valence electrons. The van der Waals surface area contributed by atoms with Gasteiger partial charge < -0.3 is 0 Å². The molecule has 0 atom stereocenters. The SMILES string of the molecule is CC(C)c1csc(NC(=O)c2ccc(C(C)(C)C)cc2)n1. The number of nitrogens with zero attached hydrogens (tertiary/aromatic N) is 1. The summed E-state index contributed by atoms with van der Waals surface area (Å²) in [6.45, 7) is 10.7. The maximum absolute atomic E-state index is 12.2. The normalized spacial score (nSPS) is 11.7. The van der Waals surface area contributed by atoms with Gasteiger partial charge in [0.1, 0.15) is 0 Å². The molecule has 3 nitrogen and oxygen atoms in total. The van der Waals surface area contributed by atoms with E-state index in [1.165, 1.54) is 16.9 Å². The van der Waals surface area contributed by atoms with Crippen LogP contribution in [0.1, 0.15) is 62.2 Å². The van der Waals surface area contributed by atoms with Crippen LogP contribution in [0.4, 0.5) is 5.13 Å². The molecule has 0 aliphatic carbocycles. The second-order valence-corrected chi connectivity index (χ2v) is 7.37. The summed E-state index contributed by atoms with van der Waals surface area (Å²) >= 11 is 1.47. The van der Waals surface area contributed by atoms with Crippen molar-refractivity contribution in [1.29, 1.82) is 0 Å². The lowest BCUT2D eigenvalue weighted by molar-refractivity contribution is 0.102. The second kappa shape index (κ2) is 5.98. The molecule has 0 aliphatic heterocycles. The molecule has 2 aromatic rings. The van der Waals surface area contributed by atoms with E-state index in [1.807, 2.05) is 29.6 Å². The molecule has 1 amide bonds. The first-order chi connectivity index (χ1) is 9.77. The summed E-state index contributed by atoms with van der Waals surface area (Å²) in [5.41, 5.74) is 2.98. The van der Waals surface area contributed by atoms with Gasteiger partial charge in [0.15, 0.2) is 5.13 Å². The Labute approximate surface area is 130 Å². The number of carbonyl (C=O) groups is 1. The second-order valence-electron chi connectivity index (χ2n) is 6.51. The van der Waals surface area contributed by atoms with Gasteiger partial charge in [-0.2, -0.15) is 0 Å². The summed E-state index contributed by atoms with van der Waals surface area (Å²) in [6, 6.07) is 7.76. The summed E-state index contributed by atoms with van der Waals surface area (Å²) in [5, 5.41) is 5.51. The fourth-order valence-electron chi connectivity index (χ4n) is 1.90. The van der Waals surface area contributed by atoms with Crippen LogP contribution in [0.3, 0.4) is 0 Å². The smallest absolute Gasteiger partial charge is 0.257 e. The molecule has 1 aromatic heterocycles. The van der Waals surface area contributed by atoms with Crippen LogP contribution in [0.15, 0.2) is 29.6 Å². The Morgan fingerprint density at radius 1 is 1.19 bits per heavy atom. The van der Waals surface area contributed by atoms with Gasteiger partial charge in [0.25, 0.3) is 5.91 Å². The van der Waals surface area contributed by atoms with E-state index in [9.17, 15) is 4.79 Å². The third-order valence-electron chi connectivity index (χ3n) is 3.35. The maximum atomic E-state index is 12.2. The Hall–Kier alpha value is -1.68. The quantitative estimate of drug-likeness (QED) is 0.883. The predicted octanol–water partition coefficient (Wildman–Crippen LogP) is 4.82. The minimum absolute atomic E-state index is 0.0937. The van der Waals surface area contributed by atoms with Crippen molar-refractivity contribution in [1.82, 2.24) is 4.98 Å². The maximum Gasteiger partial charge on any atom is 0.257 e. The van der Waals surface area contributed by atoms with E-state index in [4.69, 9.17) is 0 Å². The molecule has 4 heteroatoms. The monoisotopic (exact) mass is 302 g/mol. The van der Waals surface area contributed by atoms with Gasteiger partial charge in [0, 0.05) is 10.9 Å². The van der Waals surface area contributed by atoms with Crippen molar-refractivity contribution in [2.75, 3.05) is 5.32 Å². The zero-order valence-electron chi connectivity index (χ0n) is 13.2. The highest BCUT2D eigenvalue weighted by Crippen LogP contribution is 2.24. The van der Waals surface area contributed by atoms with Crippen molar-refractivity contribution >= 4 is 22.4 Å². The van der Waals surface area contributed by atoms with Crippen molar-refractivity contribution in [3.05, 3.63) is 46.5 Å². The number of anilines is 1. The first kappa shape index (κ1) is 15.7. The molecule has 21 heavy (non-hydrogen) atoms. The number of aromatic nitrogens is 1. The largest absolute Gasteiger partial charge is 0.298 e. The number of rotatable bonds is 3. The third kappa shape index (κ3) is 3.91. The van der Waals surface area contributed by atoms with E-state index >= 15 is 0 Å². The summed E-state index contributed by atoms with van der Waals surface area (Å²) in [7, 11) is 0. The number of amides is 1. The van der Waals surface area contributed by atoms with E-state index in [0.717, 1.165) is 5.69 Å². The molecule has 0 unspecified atom stereocenters. The Balaban J connectivity index is 2.09.